The van der Waals surface area contributed by atoms with Gasteiger partial charge in [-0.15, -0.1) is 0 Å². The Labute approximate surface area is 407 Å². The van der Waals surface area contributed by atoms with Gasteiger partial charge in [0.1, 0.15) is 0 Å². The zero-order valence-corrected chi connectivity index (χ0v) is 45.6. The van der Waals surface area contributed by atoms with Crippen molar-refractivity contribution in [1.82, 2.24) is 19.9 Å². The third-order valence-electron chi connectivity index (χ3n) is 24.6. The van der Waals surface area contributed by atoms with Crippen molar-refractivity contribution in [3.63, 3.8) is 0 Å². The Balaban J connectivity index is 1.32. The van der Waals surface area contributed by atoms with Gasteiger partial charge in [-0.1, -0.05) is 100.0 Å². The quantitative estimate of drug-likeness (QED) is 0.221. The van der Waals surface area contributed by atoms with Crippen LogP contribution in [0.25, 0.3) is 44.4 Å². The van der Waals surface area contributed by atoms with Crippen LogP contribution in [-0.2, 0) is 21.7 Å². The molecule has 16 bridgehead atoms. The van der Waals surface area contributed by atoms with E-state index in [9.17, 15) is 0 Å². The van der Waals surface area contributed by atoms with Gasteiger partial charge in [0.05, 0.1) is 22.8 Å². The van der Waals surface area contributed by atoms with Crippen molar-refractivity contribution in [2.45, 2.75) is 212 Å². The third-order valence-corrected chi connectivity index (χ3v) is 24.6. The van der Waals surface area contributed by atoms with E-state index in [0.717, 1.165) is 51.4 Å². The van der Waals surface area contributed by atoms with E-state index in [1.807, 2.05) is 0 Å². The number of aromatic amines is 2. The predicted octanol–water partition coefficient (Wildman–Crippen LogP) is 17.0. The Bertz CT molecular complexity index is 3040. The lowest BCUT2D eigenvalue weighted by atomic mass is 9.49. The molecule has 3 aromatic rings. The number of aromatic nitrogens is 4. The fourth-order valence-electron chi connectivity index (χ4n) is 18.3. The van der Waals surface area contributed by atoms with Crippen LogP contribution in [0.5, 0.6) is 0 Å². The van der Waals surface area contributed by atoms with E-state index in [0.29, 0.717) is 0 Å². The van der Waals surface area contributed by atoms with E-state index in [-0.39, 0.29) is 43.3 Å². The van der Waals surface area contributed by atoms with Gasteiger partial charge >= 0.3 is 0 Å². The Morgan fingerprint density at radius 1 is 0.265 bits per heavy atom. The molecule has 0 saturated carbocycles. The van der Waals surface area contributed by atoms with Crippen LogP contribution in [0.4, 0.5) is 0 Å². The Morgan fingerprint density at radius 3 is 0.618 bits per heavy atom. The Morgan fingerprint density at radius 2 is 0.426 bits per heavy atom. The van der Waals surface area contributed by atoms with Crippen LogP contribution in [0, 0.1) is 49.4 Å². The van der Waals surface area contributed by atoms with Gasteiger partial charge in [0, 0.05) is 65.4 Å². The number of nitrogens with zero attached hydrogens (tertiary/aromatic N) is 2. The number of rotatable bonds is 0. The number of fused-ring (bicyclic) bond motifs is 12. The summed E-state index contributed by atoms with van der Waals surface area (Å²) >= 11 is 0. The molecule has 17 rings (SSSR count). The van der Waals surface area contributed by atoms with Crippen molar-refractivity contribution in [3.8, 4) is 0 Å². The fraction of sp³-hybridized carbons (Fsp3) is 0.562. The van der Waals surface area contributed by atoms with E-state index in [2.05, 4.69) is 148 Å². The van der Waals surface area contributed by atoms with E-state index in [1.54, 1.807) is 44.6 Å². The summed E-state index contributed by atoms with van der Waals surface area (Å²) in [7, 11) is 0. The summed E-state index contributed by atoms with van der Waals surface area (Å²) in [5, 5.41) is 0. The first kappa shape index (κ1) is 43.6. The Kier molecular flexibility index (Phi) is 7.80. The van der Waals surface area contributed by atoms with Gasteiger partial charge in [-0.2, -0.15) is 0 Å². The highest BCUT2D eigenvalue weighted by Gasteiger charge is 2.60. The summed E-state index contributed by atoms with van der Waals surface area (Å²) in [5.74, 6) is 0. The molecule has 0 saturated heterocycles. The molecule has 2 aliphatic heterocycles. The molecule has 8 atom stereocenters. The highest BCUT2D eigenvalue weighted by atomic mass is 14.9. The average molecular weight is 903 g/mol. The molecule has 0 aromatic carbocycles. The number of aryl methyl sites for hydroxylation is 4. The average Bonchev–Trinajstić information content (AvgIpc) is 4.12. The van der Waals surface area contributed by atoms with E-state index >= 15 is 0 Å². The summed E-state index contributed by atoms with van der Waals surface area (Å²) in [4.78, 5) is 21.3. The van der Waals surface area contributed by atoms with Crippen LogP contribution in [-0.4, -0.2) is 19.9 Å². The van der Waals surface area contributed by atoms with Crippen molar-refractivity contribution < 1.29 is 0 Å². The number of nitrogens with one attached hydrogen (secondary N) is 2. The van der Waals surface area contributed by atoms with Crippen LogP contribution in [0.1, 0.15) is 229 Å². The van der Waals surface area contributed by atoms with E-state index < -0.39 is 0 Å². The minimum Gasteiger partial charge on any atom is -0.354 e. The molecular weight excluding hydrogens is 825 g/mol. The molecule has 354 valence electrons. The lowest BCUT2D eigenvalue weighted by molar-refractivity contribution is 0.311. The second-order valence-electron chi connectivity index (χ2n) is 26.5. The molecule has 4 heteroatoms. The first-order valence-electron chi connectivity index (χ1n) is 26.7. The van der Waals surface area contributed by atoms with Gasteiger partial charge < -0.3 is 9.97 Å². The highest BCUT2D eigenvalue weighted by molar-refractivity contribution is 6.07. The molecule has 68 heavy (non-hydrogen) atoms. The van der Waals surface area contributed by atoms with Crippen molar-refractivity contribution >= 4 is 44.4 Å². The monoisotopic (exact) mass is 903 g/mol. The smallest absolute Gasteiger partial charge is 0.0731 e. The van der Waals surface area contributed by atoms with Gasteiger partial charge in [0.25, 0.3) is 0 Å². The standard InChI is InChI=1S/C64H78N4/c1-29-49-41-43(59(15)23-21-57(41,13)33(5)35(59)7)51(65-49)30(2)53-45-47(63(19)27-25-61(45,17)37(9)39(63)11)55(67-53)32(4)56-48-46(62(18)26-28-64(48,20)40(12)38(62)10)54(68-56)31(3)52-44-42(50(29)66-52)58(14)22-24-60(44,16)36(8)34(58)6/h65,68H,21-28H2,1-20H3. The minimum absolute atomic E-state index is 0.0816. The molecular formula is C64H78N4. The summed E-state index contributed by atoms with van der Waals surface area (Å²) in [6, 6.07) is 0. The summed E-state index contributed by atoms with van der Waals surface area (Å²) in [6.45, 7) is 50.0. The van der Waals surface area contributed by atoms with Crippen LogP contribution in [0.15, 0.2) is 44.6 Å². The molecule has 0 fully saturated rings. The zero-order valence-electron chi connectivity index (χ0n) is 45.6. The van der Waals surface area contributed by atoms with Crippen molar-refractivity contribution in [2.75, 3.05) is 0 Å². The first-order valence-corrected chi connectivity index (χ1v) is 26.7. The summed E-state index contributed by atoms with van der Waals surface area (Å²) < 4.78 is 0. The predicted molar refractivity (Wildman–Crippen MR) is 286 cm³/mol. The fourth-order valence-corrected chi connectivity index (χ4v) is 18.3. The molecule has 8 unspecified atom stereocenters. The number of allylic oxidation sites excluding steroid dienone is 12. The molecule has 14 aliphatic rings. The molecule has 4 nitrogen and oxygen atoms in total. The van der Waals surface area contributed by atoms with Gasteiger partial charge in [-0.05, 0) is 201 Å². The normalized spacial score (nSPS) is 37.4. The van der Waals surface area contributed by atoms with Gasteiger partial charge in [0.2, 0.25) is 0 Å². The van der Waals surface area contributed by atoms with E-state index in [1.165, 1.54) is 112 Å². The van der Waals surface area contributed by atoms with Crippen LogP contribution < -0.4 is 0 Å². The van der Waals surface area contributed by atoms with E-state index in [4.69, 9.17) is 9.97 Å². The minimum atomic E-state index is -0.0938. The second kappa shape index (κ2) is 12.2. The molecule has 5 heterocycles. The highest BCUT2D eigenvalue weighted by Crippen LogP contribution is 2.72. The topological polar surface area (TPSA) is 57.4 Å². The number of hydrogen-bond acceptors (Lipinski definition) is 2. The maximum atomic E-state index is 6.20. The van der Waals surface area contributed by atoms with Crippen molar-refractivity contribution in [1.29, 1.82) is 0 Å². The Hall–Kier alpha value is -4.44. The first-order chi connectivity index (χ1) is 31.6. The maximum Gasteiger partial charge on any atom is 0.0731 e. The molecule has 12 aliphatic carbocycles. The molecule has 0 amide bonds. The van der Waals surface area contributed by atoms with Crippen molar-refractivity contribution in [3.05, 3.63) is 112 Å². The van der Waals surface area contributed by atoms with Gasteiger partial charge in [-0.3, -0.25) is 0 Å². The molecule has 3 aromatic heterocycles. The zero-order chi connectivity index (χ0) is 48.7. The largest absolute Gasteiger partial charge is 0.354 e. The SMILES string of the molecule is CC1=C(C)C2(C)CCC1(C)C1=C2c2nc1c(C)c1[nH]c(c(C)c3nc(c(C)c4[nH]c(c2C)c2c4C4(C)CCC2(C)C(C)=C4C)C2=C3C3(C)CCC2(C)C(C)=C3C)c2c1C1(C)CCC2(C)C(C)=C1C. The van der Waals surface area contributed by atoms with Crippen molar-refractivity contribution in [2.24, 2.45) is 21.7 Å². The van der Waals surface area contributed by atoms with Gasteiger partial charge in [-0.25, -0.2) is 9.97 Å². The summed E-state index contributed by atoms with van der Waals surface area (Å²) in [6.07, 6.45) is 9.24. The second-order valence-corrected chi connectivity index (χ2v) is 26.5. The maximum absolute atomic E-state index is 6.20. The lowest BCUT2D eigenvalue weighted by Crippen LogP contribution is -2.45. The molecule has 2 N–H and O–H groups in total. The lowest BCUT2D eigenvalue weighted by Gasteiger charge is -2.53. The van der Waals surface area contributed by atoms with Crippen LogP contribution >= 0.6 is 0 Å². The number of hydrogen-bond donors (Lipinski definition) is 2. The summed E-state index contributed by atoms with van der Waals surface area (Å²) in [5.41, 5.74) is 39.2. The molecule has 0 spiro atoms. The van der Waals surface area contributed by atoms with Crippen LogP contribution in [0.2, 0.25) is 0 Å². The third kappa shape index (κ3) is 4.21. The van der Waals surface area contributed by atoms with Crippen LogP contribution in [0.3, 0.4) is 0 Å². The molecule has 0 radical (unpaired) electrons. The number of H-pyrrole nitrogens is 2. The van der Waals surface area contributed by atoms with Gasteiger partial charge in [0.15, 0.2) is 0 Å².